The van der Waals surface area contributed by atoms with E-state index < -0.39 is 0 Å². The average molecular weight is 625 g/mol. The van der Waals surface area contributed by atoms with Crippen molar-refractivity contribution in [2.45, 2.75) is 5.03 Å². The first-order valence-corrected chi connectivity index (χ1v) is 16.3. The Morgan fingerprint density at radius 2 is 0.976 bits per heavy atom. The van der Waals surface area contributed by atoms with Crippen LogP contribution in [-0.4, -0.2) is 126 Å². The molecule has 0 unspecified atom stereocenters. The molecule has 232 valence electrons. The molecule has 0 saturated heterocycles. The fourth-order valence-electron chi connectivity index (χ4n) is 3.61. The summed E-state index contributed by atoms with van der Waals surface area (Å²) in [6.45, 7) is 6.95. The summed E-state index contributed by atoms with van der Waals surface area (Å²) in [5.41, 5.74) is 0.892. The van der Waals surface area contributed by atoms with E-state index in [1.165, 1.54) is 4.90 Å². The fraction of sp³-hybridized carbons (Fsp3) is 0.552. The van der Waals surface area contributed by atoms with E-state index in [0.29, 0.717) is 97.0 Å². The predicted molar refractivity (Wildman–Crippen MR) is 160 cm³/mol. The number of aromatic nitrogens is 1. The van der Waals surface area contributed by atoms with E-state index in [-0.39, 0.29) is 25.0 Å². The Morgan fingerprint density at radius 3 is 1.43 bits per heavy atom. The molecule has 0 atom stereocenters. The third-order valence-corrected chi connectivity index (χ3v) is 7.89. The number of carbonyl (C=O) groups excluding carboxylic acids is 2. The molecule has 2 amide bonds. The highest BCUT2D eigenvalue weighted by atomic mass is 33.1. The largest absolute Gasteiger partial charge is 0.378 e. The minimum Gasteiger partial charge on any atom is -0.378 e. The lowest BCUT2D eigenvalue weighted by atomic mass is 10.1. The number of fused-ring (bicyclic) bond motifs is 1. The van der Waals surface area contributed by atoms with Crippen molar-refractivity contribution >= 4 is 33.4 Å². The molecule has 2 heterocycles. The molecule has 2 aromatic rings. The van der Waals surface area contributed by atoms with E-state index >= 15 is 0 Å². The minimum absolute atomic E-state index is 0.220. The zero-order valence-electron chi connectivity index (χ0n) is 23.8. The Bertz CT molecular complexity index is 985. The molecule has 0 spiro atoms. The second kappa shape index (κ2) is 22.5. The lowest BCUT2D eigenvalue weighted by molar-refractivity contribution is -0.0203. The molecular formula is C29H40N2O9S2. The van der Waals surface area contributed by atoms with Crippen molar-refractivity contribution in [3.63, 3.8) is 0 Å². The van der Waals surface area contributed by atoms with Gasteiger partial charge in [0.1, 0.15) is 5.03 Å². The van der Waals surface area contributed by atoms with Crippen LogP contribution in [0.2, 0.25) is 0 Å². The van der Waals surface area contributed by atoms with Crippen LogP contribution in [0.5, 0.6) is 0 Å². The van der Waals surface area contributed by atoms with Crippen LogP contribution in [0, 0.1) is 0 Å². The summed E-state index contributed by atoms with van der Waals surface area (Å²) in [6, 6.07) is 12.7. The van der Waals surface area contributed by atoms with Gasteiger partial charge >= 0.3 is 0 Å². The Labute approximate surface area is 255 Å². The van der Waals surface area contributed by atoms with E-state index in [4.69, 9.17) is 33.2 Å². The van der Waals surface area contributed by atoms with Gasteiger partial charge in [-0.3, -0.25) is 14.5 Å². The number of nitrogens with zero attached hydrogens (tertiary/aromatic N) is 2. The molecule has 1 aromatic heterocycles. The van der Waals surface area contributed by atoms with Gasteiger partial charge in [0.15, 0.2) is 0 Å². The molecule has 42 heavy (non-hydrogen) atoms. The normalized spacial score (nSPS) is 12.8. The van der Waals surface area contributed by atoms with Crippen LogP contribution in [0.4, 0.5) is 0 Å². The van der Waals surface area contributed by atoms with Crippen molar-refractivity contribution in [1.82, 2.24) is 9.88 Å². The molecule has 0 aliphatic carbocycles. The Balaban J connectivity index is 0.964. The minimum atomic E-state index is -0.273. The van der Waals surface area contributed by atoms with Gasteiger partial charge in [0.2, 0.25) is 0 Å². The first-order valence-electron chi connectivity index (χ1n) is 14.0. The quantitative estimate of drug-likeness (QED) is 0.0870. The highest BCUT2D eigenvalue weighted by Gasteiger charge is 2.34. The summed E-state index contributed by atoms with van der Waals surface area (Å²) in [7, 11) is 3.37. The standard InChI is InChI=1S/C29H40N2O9S2/c32-28-25-5-1-2-6-26(25)29(33)31(28)9-10-34-11-12-35-13-14-36-15-16-37-17-18-38-19-20-39-21-22-40-23-24-41-42-27-7-3-4-8-30-27/h1-8H,9-24H2. The zero-order chi connectivity index (χ0) is 29.5. The summed E-state index contributed by atoms with van der Waals surface area (Å²) in [6.07, 6.45) is 1.79. The third kappa shape index (κ3) is 13.9. The highest BCUT2D eigenvalue weighted by Crippen LogP contribution is 2.28. The number of pyridine rings is 1. The number of hydrogen-bond acceptors (Lipinski definition) is 12. The molecule has 1 aromatic carbocycles. The molecular weight excluding hydrogens is 584 g/mol. The molecule has 0 N–H and O–H groups in total. The zero-order valence-corrected chi connectivity index (χ0v) is 25.5. The van der Waals surface area contributed by atoms with E-state index in [9.17, 15) is 9.59 Å². The molecule has 3 rings (SSSR count). The van der Waals surface area contributed by atoms with Crippen molar-refractivity contribution in [2.75, 3.05) is 105 Å². The molecule has 0 radical (unpaired) electrons. The van der Waals surface area contributed by atoms with Crippen LogP contribution in [0.3, 0.4) is 0 Å². The number of ether oxygens (including phenoxy) is 7. The predicted octanol–water partition coefficient (Wildman–Crippen LogP) is 3.23. The van der Waals surface area contributed by atoms with E-state index in [2.05, 4.69) is 4.98 Å². The van der Waals surface area contributed by atoms with Gasteiger partial charge in [0.25, 0.3) is 11.8 Å². The molecule has 0 saturated carbocycles. The fourth-order valence-corrected chi connectivity index (χ4v) is 5.35. The Morgan fingerprint density at radius 1 is 0.548 bits per heavy atom. The van der Waals surface area contributed by atoms with Gasteiger partial charge in [-0.1, -0.05) is 29.0 Å². The van der Waals surface area contributed by atoms with Gasteiger partial charge in [-0.25, -0.2) is 4.98 Å². The molecule has 1 aliphatic heterocycles. The van der Waals surface area contributed by atoms with E-state index in [1.807, 2.05) is 18.2 Å². The summed E-state index contributed by atoms with van der Waals surface area (Å²) >= 11 is 0. The van der Waals surface area contributed by atoms with Crippen LogP contribution >= 0.6 is 21.6 Å². The highest BCUT2D eigenvalue weighted by molar-refractivity contribution is 8.76. The van der Waals surface area contributed by atoms with Crippen molar-refractivity contribution in [3.05, 3.63) is 59.8 Å². The number of benzene rings is 1. The van der Waals surface area contributed by atoms with E-state index in [1.54, 1.807) is 52.1 Å². The van der Waals surface area contributed by atoms with Gasteiger partial charge in [0.05, 0.1) is 110 Å². The second-order valence-corrected chi connectivity index (χ2v) is 11.1. The van der Waals surface area contributed by atoms with Crippen LogP contribution in [0.15, 0.2) is 53.7 Å². The summed E-state index contributed by atoms with van der Waals surface area (Å²) < 4.78 is 38.4. The van der Waals surface area contributed by atoms with Crippen molar-refractivity contribution in [2.24, 2.45) is 0 Å². The van der Waals surface area contributed by atoms with Gasteiger partial charge in [-0.2, -0.15) is 0 Å². The number of imide groups is 1. The number of carbonyl (C=O) groups is 2. The molecule has 11 nitrogen and oxygen atoms in total. The van der Waals surface area contributed by atoms with Crippen LogP contribution in [0.25, 0.3) is 0 Å². The first-order chi connectivity index (χ1) is 20.8. The maximum absolute atomic E-state index is 12.3. The number of hydrogen-bond donors (Lipinski definition) is 0. The molecule has 1 aliphatic rings. The molecule has 0 fully saturated rings. The van der Waals surface area contributed by atoms with Crippen LogP contribution < -0.4 is 0 Å². The van der Waals surface area contributed by atoms with Crippen molar-refractivity contribution < 1.29 is 42.7 Å². The monoisotopic (exact) mass is 624 g/mol. The topological polar surface area (TPSA) is 115 Å². The number of amides is 2. The Kier molecular flexibility index (Phi) is 18.4. The van der Waals surface area contributed by atoms with Crippen LogP contribution in [0.1, 0.15) is 20.7 Å². The van der Waals surface area contributed by atoms with Gasteiger partial charge in [-0.15, -0.1) is 0 Å². The summed E-state index contributed by atoms with van der Waals surface area (Å²) in [5, 5.41) is 1.00. The third-order valence-electron chi connectivity index (χ3n) is 5.66. The van der Waals surface area contributed by atoms with Gasteiger partial charge in [-0.05, 0) is 35.1 Å². The lowest BCUT2D eigenvalue weighted by Gasteiger charge is -2.13. The summed E-state index contributed by atoms with van der Waals surface area (Å²) in [4.78, 5) is 30.0. The lowest BCUT2D eigenvalue weighted by Crippen LogP contribution is -2.33. The first kappa shape index (κ1) is 34.4. The van der Waals surface area contributed by atoms with Crippen molar-refractivity contribution in [3.8, 4) is 0 Å². The second-order valence-electron chi connectivity index (χ2n) is 8.67. The Hall–Kier alpha value is -2.07. The maximum Gasteiger partial charge on any atom is 0.261 e. The smallest absolute Gasteiger partial charge is 0.261 e. The summed E-state index contributed by atoms with van der Waals surface area (Å²) in [5.74, 6) is 0.348. The van der Waals surface area contributed by atoms with E-state index in [0.717, 1.165) is 10.8 Å². The van der Waals surface area contributed by atoms with Crippen LogP contribution in [-0.2, 0) is 33.2 Å². The molecule has 0 bridgehead atoms. The number of rotatable bonds is 26. The maximum atomic E-state index is 12.3. The molecule has 13 heteroatoms. The van der Waals surface area contributed by atoms with Gasteiger partial charge in [0, 0.05) is 11.9 Å². The van der Waals surface area contributed by atoms with Gasteiger partial charge < -0.3 is 33.2 Å². The SMILES string of the molecule is O=C1c2ccccc2C(=O)N1CCOCCOCCOCCOCCOCCOCCOCCSSc1ccccn1. The van der Waals surface area contributed by atoms with Crippen molar-refractivity contribution in [1.29, 1.82) is 0 Å². The average Bonchev–Trinajstić information content (AvgIpc) is 3.26.